The van der Waals surface area contributed by atoms with E-state index < -0.39 is 0 Å². The molecule has 3 aromatic carbocycles. The van der Waals surface area contributed by atoms with Crippen LogP contribution in [0.4, 0.5) is 0 Å². The number of imidazole rings is 1. The molecular weight excluding hydrogens is 360 g/mol. The molecule has 1 amide bonds. The van der Waals surface area contributed by atoms with Crippen molar-refractivity contribution in [1.29, 1.82) is 0 Å². The van der Waals surface area contributed by atoms with Crippen LogP contribution in [0.2, 0.25) is 0 Å². The first kappa shape index (κ1) is 17.3. The van der Waals surface area contributed by atoms with E-state index in [1.165, 1.54) is 5.56 Å². The zero-order valence-corrected chi connectivity index (χ0v) is 15.8. The summed E-state index contributed by atoms with van der Waals surface area (Å²) in [5.41, 5.74) is 4.78. The molecule has 29 heavy (non-hydrogen) atoms. The van der Waals surface area contributed by atoms with Crippen molar-refractivity contribution in [1.82, 2.24) is 19.9 Å². The van der Waals surface area contributed by atoms with Gasteiger partial charge in [-0.05, 0) is 23.8 Å². The lowest BCUT2D eigenvalue weighted by Crippen LogP contribution is -2.23. The van der Waals surface area contributed by atoms with Gasteiger partial charge in [0.15, 0.2) is 0 Å². The monoisotopic (exact) mass is 380 g/mol. The lowest BCUT2D eigenvalue weighted by Gasteiger charge is -2.05. The highest BCUT2D eigenvalue weighted by atomic mass is 16.1. The smallest absolute Gasteiger partial charge is 0.253 e. The van der Waals surface area contributed by atoms with Gasteiger partial charge in [0.05, 0.1) is 23.1 Å². The summed E-state index contributed by atoms with van der Waals surface area (Å²) in [6.07, 6.45) is 1.94. The van der Waals surface area contributed by atoms with E-state index in [4.69, 9.17) is 0 Å². The van der Waals surface area contributed by atoms with Crippen molar-refractivity contribution in [2.45, 2.75) is 13.1 Å². The predicted molar refractivity (Wildman–Crippen MR) is 115 cm³/mol. The molecule has 0 aliphatic rings. The van der Waals surface area contributed by atoms with Crippen LogP contribution in [0.5, 0.6) is 0 Å². The predicted octanol–water partition coefficient (Wildman–Crippen LogP) is 4.50. The van der Waals surface area contributed by atoms with Crippen LogP contribution >= 0.6 is 0 Å². The molecular formula is C24H20N4O. The molecule has 0 unspecified atom stereocenters. The highest BCUT2D eigenvalue weighted by molar-refractivity contribution is 6.07. The maximum absolute atomic E-state index is 12.9. The topological polar surface area (TPSA) is 62.7 Å². The van der Waals surface area contributed by atoms with Gasteiger partial charge in [-0.3, -0.25) is 4.79 Å². The van der Waals surface area contributed by atoms with Gasteiger partial charge < -0.3 is 14.9 Å². The summed E-state index contributed by atoms with van der Waals surface area (Å²) < 4.78 is 2.13. The van der Waals surface area contributed by atoms with Gasteiger partial charge in [-0.15, -0.1) is 0 Å². The summed E-state index contributed by atoms with van der Waals surface area (Å²) in [5, 5.41) is 3.95. The van der Waals surface area contributed by atoms with Gasteiger partial charge in [-0.2, -0.15) is 0 Å². The van der Waals surface area contributed by atoms with Crippen molar-refractivity contribution in [3.8, 4) is 0 Å². The van der Waals surface area contributed by atoms with Gasteiger partial charge in [-0.1, -0.05) is 60.7 Å². The summed E-state index contributed by atoms with van der Waals surface area (Å²) in [6, 6.07) is 26.1. The van der Waals surface area contributed by atoms with Gasteiger partial charge in [-0.25, -0.2) is 4.98 Å². The molecule has 142 valence electrons. The molecule has 5 heteroatoms. The third-order valence-corrected chi connectivity index (χ3v) is 5.08. The van der Waals surface area contributed by atoms with E-state index in [-0.39, 0.29) is 5.91 Å². The Labute approximate surface area is 168 Å². The number of carbonyl (C=O) groups excluding carboxylic acids is 1. The third-order valence-electron chi connectivity index (χ3n) is 5.08. The minimum absolute atomic E-state index is 0.103. The SMILES string of the molecule is O=C(NCc1nc2ccccc2[nH]1)c1cn(Cc2ccccc2)c2ccccc12. The molecule has 0 aliphatic carbocycles. The van der Waals surface area contributed by atoms with Crippen LogP contribution in [-0.4, -0.2) is 20.4 Å². The quantitative estimate of drug-likeness (QED) is 0.472. The highest BCUT2D eigenvalue weighted by Gasteiger charge is 2.15. The van der Waals surface area contributed by atoms with Gasteiger partial charge in [0, 0.05) is 23.6 Å². The fraction of sp³-hybridized carbons (Fsp3) is 0.0833. The number of carbonyl (C=O) groups is 1. The standard InChI is InChI=1S/C24H20N4O/c29-24(25-14-23-26-20-11-5-6-12-21(20)27-23)19-16-28(15-17-8-2-1-3-9-17)22-13-7-4-10-18(19)22/h1-13,16H,14-15H2,(H,25,29)(H,26,27). The second-order valence-electron chi connectivity index (χ2n) is 7.06. The summed E-state index contributed by atoms with van der Waals surface area (Å²) in [7, 11) is 0. The molecule has 0 fully saturated rings. The number of H-pyrrole nitrogens is 1. The largest absolute Gasteiger partial charge is 0.345 e. The Balaban J connectivity index is 1.41. The van der Waals surface area contributed by atoms with E-state index >= 15 is 0 Å². The van der Waals surface area contributed by atoms with E-state index in [2.05, 4.69) is 32.0 Å². The van der Waals surface area contributed by atoms with Crippen LogP contribution in [0.15, 0.2) is 85.1 Å². The molecule has 2 N–H and O–H groups in total. The number of nitrogens with one attached hydrogen (secondary N) is 2. The number of benzene rings is 3. The van der Waals surface area contributed by atoms with Crippen LogP contribution in [0, 0.1) is 0 Å². The van der Waals surface area contributed by atoms with E-state index in [1.54, 1.807) is 0 Å². The van der Waals surface area contributed by atoms with Gasteiger partial charge in [0.1, 0.15) is 5.82 Å². The normalized spacial score (nSPS) is 11.2. The molecule has 5 nitrogen and oxygen atoms in total. The fourth-order valence-electron chi connectivity index (χ4n) is 3.69. The molecule has 0 spiro atoms. The van der Waals surface area contributed by atoms with Crippen molar-refractivity contribution in [3.05, 3.63) is 102 Å². The molecule has 2 heterocycles. The minimum Gasteiger partial charge on any atom is -0.345 e. The first-order chi connectivity index (χ1) is 14.3. The number of aromatic amines is 1. The number of hydrogen-bond acceptors (Lipinski definition) is 2. The Bertz CT molecular complexity index is 1270. The maximum atomic E-state index is 12.9. The molecule has 2 aromatic heterocycles. The second-order valence-corrected chi connectivity index (χ2v) is 7.06. The Morgan fingerprint density at radius 2 is 1.69 bits per heavy atom. The third kappa shape index (κ3) is 3.38. The van der Waals surface area contributed by atoms with Crippen LogP contribution < -0.4 is 5.32 Å². The molecule has 0 radical (unpaired) electrons. The molecule has 0 bridgehead atoms. The second kappa shape index (κ2) is 7.28. The van der Waals surface area contributed by atoms with E-state index in [9.17, 15) is 4.79 Å². The molecule has 5 aromatic rings. The number of hydrogen-bond donors (Lipinski definition) is 2. The van der Waals surface area contributed by atoms with Crippen molar-refractivity contribution in [3.63, 3.8) is 0 Å². The lowest BCUT2D eigenvalue weighted by molar-refractivity contribution is 0.0951. The zero-order valence-electron chi connectivity index (χ0n) is 15.8. The Morgan fingerprint density at radius 3 is 2.55 bits per heavy atom. The summed E-state index contributed by atoms with van der Waals surface area (Å²) >= 11 is 0. The molecule has 0 aliphatic heterocycles. The molecule has 0 saturated heterocycles. The number of rotatable bonds is 5. The van der Waals surface area contributed by atoms with Gasteiger partial charge in [0.2, 0.25) is 0 Å². The highest BCUT2D eigenvalue weighted by Crippen LogP contribution is 2.22. The number of amides is 1. The number of nitrogens with zero attached hydrogens (tertiary/aromatic N) is 2. The summed E-state index contributed by atoms with van der Waals surface area (Å²) in [4.78, 5) is 20.7. The van der Waals surface area contributed by atoms with Crippen LogP contribution in [0.25, 0.3) is 21.9 Å². The first-order valence-electron chi connectivity index (χ1n) is 9.61. The summed E-state index contributed by atoms with van der Waals surface area (Å²) in [5.74, 6) is 0.640. The number of para-hydroxylation sites is 3. The van der Waals surface area contributed by atoms with E-state index in [1.807, 2.05) is 72.9 Å². The van der Waals surface area contributed by atoms with Crippen molar-refractivity contribution >= 4 is 27.8 Å². The Morgan fingerprint density at radius 1 is 0.931 bits per heavy atom. The summed E-state index contributed by atoms with van der Waals surface area (Å²) in [6.45, 7) is 1.07. The molecule has 5 rings (SSSR count). The maximum Gasteiger partial charge on any atom is 0.253 e. The average molecular weight is 380 g/mol. The lowest BCUT2D eigenvalue weighted by atomic mass is 10.1. The Hall–Kier alpha value is -3.86. The van der Waals surface area contributed by atoms with E-state index in [0.29, 0.717) is 12.1 Å². The fourth-order valence-corrected chi connectivity index (χ4v) is 3.69. The van der Waals surface area contributed by atoms with Gasteiger partial charge >= 0.3 is 0 Å². The van der Waals surface area contributed by atoms with Crippen molar-refractivity contribution in [2.24, 2.45) is 0 Å². The minimum atomic E-state index is -0.103. The Kier molecular flexibility index (Phi) is 4.33. The van der Waals surface area contributed by atoms with Crippen molar-refractivity contribution < 1.29 is 4.79 Å². The molecule has 0 saturated carbocycles. The zero-order chi connectivity index (χ0) is 19.6. The van der Waals surface area contributed by atoms with Crippen molar-refractivity contribution in [2.75, 3.05) is 0 Å². The first-order valence-corrected chi connectivity index (χ1v) is 9.61. The van der Waals surface area contributed by atoms with Crippen LogP contribution in [0.3, 0.4) is 0 Å². The van der Waals surface area contributed by atoms with Crippen LogP contribution in [0.1, 0.15) is 21.7 Å². The number of fused-ring (bicyclic) bond motifs is 2. The van der Waals surface area contributed by atoms with Gasteiger partial charge in [0.25, 0.3) is 5.91 Å². The average Bonchev–Trinajstić information content (AvgIpc) is 3.34. The number of aromatic nitrogens is 3. The molecule has 0 atom stereocenters. The van der Waals surface area contributed by atoms with Crippen LogP contribution in [-0.2, 0) is 13.1 Å². The van der Waals surface area contributed by atoms with E-state index in [0.717, 1.165) is 34.3 Å².